The Bertz CT molecular complexity index is 1060. The predicted octanol–water partition coefficient (Wildman–Crippen LogP) is 9.27. The van der Waals surface area contributed by atoms with Gasteiger partial charge in [-0.05, 0) is 81.7 Å². The molecule has 0 radical (unpaired) electrons. The Balaban J connectivity index is 2.48. The number of rotatable bonds is 0. The summed E-state index contributed by atoms with van der Waals surface area (Å²) in [6.45, 7) is 31.4. The lowest BCUT2D eigenvalue weighted by Gasteiger charge is -2.34. The van der Waals surface area contributed by atoms with E-state index in [1.54, 1.807) is 0 Å². The van der Waals surface area contributed by atoms with Crippen molar-refractivity contribution in [3.8, 4) is 11.5 Å². The van der Waals surface area contributed by atoms with E-state index in [0.29, 0.717) is 0 Å². The van der Waals surface area contributed by atoms with Crippen LogP contribution in [0.4, 0.5) is 0 Å². The average Bonchev–Trinajstić information content (AvgIpc) is 2.66. The summed E-state index contributed by atoms with van der Waals surface area (Å²) in [4.78, 5) is 11.3. The Labute approximate surface area is 222 Å². The standard InChI is InChI=1S/C32H49O3P/c1-19-17-23(29(3,4)5)21-15-16-22-24(30(6,7)8)18-20(2)28(26(22)32(12,13)14)35-36(33)34-27(19)25(21)31(9,10)11/h17-18,33H,15-16H2,1-14H3. The molecule has 36 heavy (non-hydrogen) atoms. The summed E-state index contributed by atoms with van der Waals surface area (Å²) in [5.74, 6) is 1.56. The molecule has 3 rings (SSSR count). The first-order valence-corrected chi connectivity index (χ1v) is 14.5. The van der Waals surface area contributed by atoms with E-state index in [4.69, 9.17) is 9.05 Å². The van der Waals surface area contributed by atoms with Gasteiger partial charge in [0.1, 0.15) is 11.5 Å². The second-order valence-electron chi connectivity index (χ2n) is 14.8. The van der Waals surface area contributed by atoms with Gasteiger partial charge in [-0.1, -0.05) is 95.2 Å². The summed E-state index contributed by atoms with van der Waals surface area (Å²) in [7, 11) is -2.16. The summed E-state index contributed by atoms with van der Waals surface area (Å²) in [6.07, 6.45) is 1.82. The summed E-state index contributed by atoms with van der Waals surface area (Å²) in [5, 5.41) is 0. The second kappa shape index (κ2) is 9.32. The van der Waals surface area contributed by atoms with E-state index < -0.39 is 8.60 Å². The van der Waals surface area contributed by atoms with Crippen LogP contribution >= 0.6 is 8.60 Å². The molecule has 3 nitrogen and oxygen atoms in total. The third-order valence-corrected chi connectivity index (χ3v) is 7.90. The molecule has 0 unspecified atom stereocenters. The predicted molar refractivity (Wildman–Crippen MR) is 155 cm³/mol. The van der Waals surface area contributed by atoms with E-state index in [9.17, 15) is 4.89 Å². The second-order valence-corrected chi connectivity index (χ2v) is 15.6. The minimum Gasteiger partial charge on any atom is -0.417 e. The highest BCUT2D eigenvalue weighted by Gasteiger charge is 2.36. The summed E-state index contributed by atoms with van der Waals surface area (Å²) in [5.41, 5.74) is 9.56. The lowest BCUT2D eigenvalue weighted by Crippen LogP contribution is -2.25. The molecule has 2 aromatic rings. The number of benzene rings is 2. The third-order valence-electron chi connectivity index (χ3n) is 7.23. The molecule has 2 aromatic carbocycles. The normalized spacial score (nSPS) is 15.8. The van der Waals surface area contributed by atoms with Gasteiger partial charge < -0.3 is 13.9 Å². The maximum atomic E-state index is 11.3. The quantitative estimate of drug-likeness (QED) is 0.358. The fourth-order valence-electron chi connectivity index (χ4n) is 5.78. The van der Waals surface area contributed by atoms with Crippen molar-refractivity contribution in [2.24, 2.45) is 0 Å². The molecule has 200 valence electrons. The molecular weight excluding hydrogens is 463 g/mol. The molecule has 1 aliphatic heterocycles. The molecule has 0 saturated heterocycles. The van der Waals surface area contributed by atoms with Gasteiger partial charge in [0.2, 0.25) is 0 Å². The number of hydrogen-bond acceptors (Lipinski definition) is 3. The largest absolute Gasteiger partial charge is 0.460 e. The molecule has 0 saturated carbocycles. The van der Waals surface area contributed by atoms with E-state index in [1.165, 1.54) is 33.4 Å². The van der Waals surface area contributed by atoms with Gasteiger partial charge in [-0.3, -0.25) is 0 Å². The highest BCUT2D eigenvalue weighted by Crippen LogP contribution is 2.51. The topological polar surface area (TPSA) is 38.7 Å². The average molecular weight is 513 g/mol. The van der Waals surface area contributed by atoms with Gasteiger partial charge in [-0.2, -0.15) is 0 Å². The van der Waals surface area contributed by atoms with Crippen LogP contribution < -0.4 is 9.05 Å². The molecule has 0 aromatic heterocycles. The maximum absolute atomic E-state index is 11.3. The molecule has 4 bridgehead atoms. The zero-order chi connectivity index (χ0) is 27.6. The van der Waals surface area contributed by atoms with Crippen LogP contribution in [0.1, 0.15) is 128 Å². The van der Waals surface area contributed by atoms with Crippen LogP contribution in [0.2, 0.25) is 0 Å². The minimum atomic E-state index is -2.16. The Hall–Kier alpha value is -1.57. The van der Waals surface area contributed by atoms with Crippen molar-refractivity contribution >= 4 is 8.60 Å². The summed E-state index contributed by atoms with van der Waals surface area (Å²) < 4.78 is 12.7. The van der Waals surface area contributed by atoms with Crippen molar-refractivity contribution in [2.75, 3.05) is 0 Å². The van der Waals surface area contributed by atoms with Gasteiger partial charge >= 0.3 is 8.60 Å². The van der Waals surface area contributed by atoms with Crippen molar-refractivity contribution in [1.29, 1.82) is 0 Å². The highest BCUT2D eigenvalue weighted by molar-refractivity contribution is 7.41. The molecule has 1 aliphatic rings. The van der Waals surface area contributed by atoms with Gasteiger partial charge in [0, 0.05) is 11.1 Å². The molecule has 0 fully saturated rings. The SMILES string of the molecule is Cc1cc(C(C)(C)C)c2c(C(C)(C)C)c1OP(O)Oc1c(C)cc(C(C)(C)C)c(c1C(C)(C)C)CC2. The lowest BCUT2D eigenvalue weighted by molar-refractivity contribution is 0.368. The molecule has 0 atom stereocenters. The van der Waals surface area contributed by atoms with Crippen molar-refractivity contribution < 1.29 is 13.9 Å². The van der Waals surface area contributed by atoms with Gasteiger partial charge in [0.15, 0.2) is 0 Å². The van der Waals surface area contributed by atoms with E-state index in [2.05, 4.69) is 109 Å². The Morgan fingerprint density at radius 1 is 0.583 bits per heavy atom. The number of hydrogen-bond donors (Lipinski definition) is 1. The van der Waals surface area contributed by atoms with Crippen molar-refractivity contribution in [1.82, 2.24) is 0 Å². The van der Waals surface area contributed by atoms with E-state index in [1.807, 2.05) is 0 Å². The Morgan fingerprint density at radius 3 is 1.14 bits per heavy atom. The van der Waals surface area contributed by atoms with Crippen molar-refractivity contribution in [3.63, 3.8) is 0 Å². The van der Waals surface area contributed by atoms with Crippen LogP contribution in [0.3, 0.4) is 0 Å². The van der Waals surface area contributed by atoms with Crippen LogP contribution in [-0.4, -0.2) is 4.89 Å². The summed E-state index contributed by atoms with van der Waals surface area (Å²) >= 11 is 0. The van der Waals surface area contributed by atoms with E-state index >= 15 is 0 Å². The summed E-state index contributed by atoms with van der Waals surface area (Å²) in [6, 6.07) is 4.55. The zero-order valence-corrected chi connectivity index (χ0v) is 26.2. The van der Waals surface area contributed by atoms with Crippen molar-refractivity contribution in [2.45, 2.75) is 131 Å². The molecule has 4 heteroatoms. The maximum Gasteiger partial charge on any atom is 0.460 e. The van der Waals surface area contributed by atoms with Crippen LogP contribution in [0, 0.1) is 13.8 Å². The lowest BCUT2D eigenvalue weighted by atomic mass is 9.71. The molecule has 0 amide bonds. The molecule has 1 heterocycles. The smallest absolute Gasteiger partial charge is 0.417 e. The van der Waals surface area contributed by atoms with Gasteiger partial charge in [-0.15, -0.1) is 0 Å². The fourth-order valence-corrected chi connectivity index (χ4v) is 6.60. The molecule has 1 N–H and O–H groups in total. The monoisotopic (exact) mass is 512 g/mol. The first kappa shape index (κ1) is 29.0. The Kier molecular flexibility index (Phi) is 7.50. The highest BCUT2D eigenvalue weighted by atomic mass is 31.2. The van der Waals surface area contributed by atoms with Crippen LogP contribution in [0.5, 0.6) is 11.5 Å². The first-order valence-electron chi connectivity index (χ1n) is 13.3. The Morgan fingerprint density at radius 2 is 0.889 bits per heavy atom. The van der Waals surface area contributed by atoms with Crippen LogP contribution in [-0.2, 0) is 34.5 Å². The van der Waals surface area contributed by atoms with Gasteiger partial charge in [0.25, 0.3) is 0 Å². The number of fused-ring (bicyclic) bond motifs is 4. The van der Waals surface area contributed by atoms with E-state index in [-0.39, 0.29) is 21.7 Å². The van der Waals surface area contributed by atoms with Crippen LogP contribution in [0.15, 0.2) is 12.1 Å². The fraction of sp³-hybridized carbons (Fsp3) is 0.625. The minimum absolute atomic E-state index is 0.0165. The third kappa shape index (κ3) is 5.63. The van der Waals surface area contributed by atoms with Crippen LogP contribution in [0.25, 0.3) is 0 Å². The molecular formula is C32H49O3P. The molecule has 0 spiro atoms. The van der Waals surface area contributed by atoms with Gasteiger partial charge in [0.05, 0.1) is 0 Å². The van der Waals surface area contributed by atoms with E-state index in [0.717, 1.165) is 35.5 Å². The first-order chi connectivity index (χ1) is 16.1. The molecule has 0 aliphatic carbocycles. The van der Waals surface area contributed by atoms with Gasteiger partial charge in [-0.25, -0.2) is 0 Å². The number of aryl methyl sites for hydroxylation is 2. The van der Waals surface area contributed by atoms with Crippen molar-refractivity contribution in [3.05, 3.63) is 56.6 Å². The zero-order valence-electron chi connectivity index (χ0n) is 25.3.